The number of aliphatic carboxylic acids is 2. The topological polar surface area (TPSA) is 522 Å². The average molecular weight is 1420 g/mol. The minimum atomic E-state index is -1.94. The van der Waals surface area contributed by atoms with Gasteiger partial charge in [0.1, 0.15) is 65.8 Å². The molecule has 4 rings (SSSR count). The molecule has 4 unspecified atom stereocenters. The van der Waals surface area contributed by atoms with E-state index in [2.05, 4.69) is 68.1 Å². The van der Waals surface area contributed by atoms with Gasteiger partial charge in [0.25, 0.3) is 0 Å². The number of carbonyl (C=O) groups is 14. The van der Waals surface area contributed by atoms with E-state index in [1.54, 1.807) is 58.0 Å². The van der Waals surface area contributed by atoms with E-state index >= 15 is 0 Å². The van der Waals surface area contributed by atoms with E-state index in [0.717, 1.165) is 6.42 Å². The van der Waals surface area contributed by atoms with Gasteiger partial charge in [0.05, 0.1) is 36.8 Å². The molecule has 554 valence electrons. The molecular formula is C66H103N17O16S. The molecule has 3 heterocycles. The second-order valence-electron chi connectivity index (χ2n) is 25.9. The zero-order valence-electron chi connectivity index (χ0n) is 58.2. The van der Waals surface area contributed by atoms with Crippen molar-refractivity contribution in [1.29, 1.82) is 0 Å². The van der Waals surface area contributed by atoms with E-state index in [1.807, 2.05) is 27.7 Å². The molecule has 0 radical (unpaired) electrons. The Labute approximate surface area is 586 Å². The maximum absolute atomic E-state index is 14.9. The van der Waals surface area contributed by atoms with Crippen molar-refractivity contribution < 1.29 is 77.3 Å². The summed E-state index contributed by atoms with van der Waals surface area (Å²) >= 11 is 1.25. The van der Waals surface area contributed by atoms with Crippen molar-refractivity contribution in [3.8, 4) is 0 Å². The molecule has 1 saturated heterocycles. The molecule has 12 amide bonds. The Balaban J connectivity index is 1.79. The Morgan fingerprint density at radius 1 is 0.710 bits per heavy atom. The number of carboxylic acids is 2. The molecule has 19 N–H and O–H groups in total. The third-order valence-electron chi connectivity index (χ3n) is 17.6. The zero-order chi connectivity index (χ0) is 74.3. The number of rotatable bonds is 32. The number of nitrogens with one attached hydrogen (secondary N) is 11. The van der Waals surface area contributed by atoms with Crippen LogP contribution < -0.4 is 70.4 Å². The van der Waals surface area contributed by atoms with Gasteiger partial charge in [-0.25, -0.2) is 4.98 Å². The standard InChI is InChI=1S/C66H103N17O16S/c1-9-36(6)53(69)66-72-32-50(100-66)83(34-84)48(26-35(4)5)63(97)75-43(22-23-51(86)87)59(93)82-54(37(7)10-2)64(98)76-41-20-15-16-25-71-56(90)46(29-49(68)85)78-62(96)47(30-52(88)89)79-61(95)45(28-40-31-70-33-73-40)77-60(94)44(27-39-18-13-12-14-19-39)80-65(99)55(38(8)11-3)81-58(92)42(21-17-24-67)74-57(41)91/h12-14,18-19,31,33-38,41-48,50,53-55H,9-11,15-17,20-30,32,67,69H2,1-8H3,(H2,68,85)(H,70,73)(H,71,90)(H,74,91)(H,75,97)(H,76,98)(H,77,94)(H,78,96)(H,79,95)(H,80,99)(H,81,92)(H,82,93)(H,86,87)(H,88,89)/t36?,37?,38?,41-,42+,43+,44+,45-,46-,47+,48-,50?,53-,54-,55-/m0/s1. The molecule has 33 nitrogen and oxygen atoms in total. The van der Waals surface area contributed by atoms with Crippen LogP contribution in [0.2, 0.25) is 0 Å². The lowest BCUT2D eigenvalue weighted by molar-refractivity contribution is -0.142. The minimum absolute atomic E-state index is 0.00121. The lowest BCUT2D eigenvalue weighted by atomic mass is 9.96. The van der Waals surface area contributed by atoms with E-state index in [-0.39, 0.29) is 95.7 Å². The molecule has 1 aromatic carbocycles. The number of aliphatic imine (C=N–C) groups is 1. The fourth-order valence-corrected chi connectivity index (χ4v) is 12.3. The Kier molecular flexibility index (Phi) is 35.1. The molecule has 2 aliphatic rings. The van der Waals surface area contributed by atoms with Gasteiger partial charge < -0.3 is 90.5 Å². The van der Waals surface area contributed by atoms with Gasteiger partial charge >= 0.3 is 11.9 Å². The van der Waals surface area contributed by atoms with Crippen LogP contribution in [-0.4, -0.2) is 205 Å². The van der Waals surface area contributed by atoms with Crippen LogP contribution in [0.5, 0.6) is 0 Å². The summed E-state index contributed by atoms with van der Waals surface area (Å²) in [6, 6.07) is -7.45. The number of thioether (sulfide) groups is 1. The van der Waals surface area contributed by atoms with Gasteiger partial charge in [-0.1, -0.05) is 117 Å². The Morgan fingerprint density at radius 3 is 1.90 bits per heavy atom. The number of carboxylic acid groups (broad SMARTS) is 2. The number of nitrogens with two attached hydrogens (primary N) is 3. The predicted octanol–water partition coefficient (Wildman–Crippen LogP) is -1.38. The number of imidazole rings is 1. The van der Waals surface area contributed by atoms with Crippen molar-refractivity contribution in [3.05, 3.63) is 54.1 Å². The molecule has 0 aliphatic carbocycles. The van der Waals surface area contributed by atoms with E-state index in [4.69, 9.17) is 17.2 Å². The summed E-state index contributed by atoms with van der Waals surface area (Å²) in [6.07, 6.45) is 0.902. The number of primary amides is 1. The van der Waals surface area contributed by atoms with E-state index in [0.29, 0.717) is 22.7 Å². The number of H-pyrrole nitrogens is 1. The minimum Gasteiger partial charge on any atom is -0.481 e. The molecule has 2 aliphatic heterocycles. The number of hydrogen-bond donors (Lipinski definition) is 16. The highest BCUT2D eigenvalue weighted by molar-refractivity contribution is 8.14. The third kappa shape index (κ3) is 26.9. The van der Waals surface area contributed by atoms with Crippen LogP contribution in [0.1, 0.15) is 150 Å². The third-order valence-corrected chi connectivity index (χ3v) is 18.9. The first-order chi connectivity index (χ1) is 47.4. The van der Waals surface area contributed by atoms with Crippen molar-refractivity contribution in [2.45, 2.75) is 224 Å². The highest BCUT2D eigenvalue weighted by atomic mass is 32.2. The molecule has 2 aromatic rings. The quantitative estimate of drug-likeness (QED) is 0.0376. The number of aromatic nitrogens is 2. The van der Waals surface area contributed by atoms with E-state index < -0.39 is 186 Å². The number of aromatic amines is 1. The second-order valence-corrected chi connectivity index (χ2v) is 27.1. The monoisotopic (exact) mass is 1420 g/mol. The fourth-order valence-electron chi connectivity index (χ4n) is 11.0. The van der Waals surface area contributed by atoms with Gasteiger partial charge in [-0.3, -0.25) is 72.1 Å². The van der Waals surface area contributed by atoms with Crippen LogP contribution >= 0.6 is 11.8 Å². The summed E-state index contributed by atoms with van der Waals surface area (Å²) in [5.41, 5.74) is 18.8. The first-order valence-corrected chi connectivity index (χ1v) is 35.0. The summed E-state index contributed by atoms with van der Waals surface area (Å²) in [7, 11) is 0. The number of benzene rings is 1. The van der Waals surface area contributed by atoms with Gasteiger partial charge in [-0.2, -0.15) is 0 Å². The van der Waals surface area contributed by atoms with Crippen LogP contribution in [0, 0.1) is 23.7 Å². The smallest absolute Gasteiger partial charge is 0.305 e. The second kappa shape index (κ2) is 42.1. The molecule has 0 saturated carbocycles. The molecule has 15 atom stereocenters. The van der Waals surface area contributed by atoms with Crippen LogP contribution in [0.4, 0.5) is 0 Å². The van der Waals surface area contributed by atoms with Crippen molar-refractivity contribution in [2.75, 3.05) is 19.6 Å². The highest BCUT2D eigenvalue weighted by Crippen LogP contribution is 2.30. The summed E-state index contributed by atoms with van der Waals surface area (Å²) in [5.74, 6) is -15.1. The van der Waals surface area contributed by atoms with Crippen LogP contribution in [0.25, 0.3) is 0 Å². The molecule has 1 aromatic heterocycles. The normalized spacial score (nSPS) is 23.1. The van der Waals surface area contributed by atoms with Gasteiger partial charge in [-0.15, -0.1) is 0 Å². The molecule has 1 fully saturated rings. The fraction of sp³-hybridized carbons (Fsp3) is 0.636. The van der Waals surface area contributed by atoms with Crippen molar-refractivity contribution in [3.63, 3.8) is 0 Å². The number of carbonyl (C=O) groups excluding carboxylic acids is 12. The van der Waals surface area contributed by atoms with Crippen molar-refractivity contribution in [2.24, 2.45) is 45.9 Å². The Bertz CT molecular complexity index is 3140. The molecule has 0 spiro atoms. The van der Waals surface area contributed by atoms with Gasteiger partial charge in [0.2, 0.25) is 71.4 Å². The van der Waals surface area contributed by atoms with Gasteiger partial charge in [-0.05, 0) is 80.7 Å². The highest BCUT2D eigenvalue weighted by Gasteiger charge is 2.41. The average Bonchev–Trinajstić information content (AvgIpc) is 1.66. The summed E-state index contributed by atoms with van der Waals surface area (Å²) < 4.78 is 0. The lowest BCUT2D eigenvalue weighted by Crippen LogP contribution is -2.62. The largest absolute Gasteiger partial charge is 0.481 e. The van der Waals surface area contributed by atoms with E-state index in [1.165, 1.54) is 29.2 Å². The Hall–Kier alpha value is -9.05. The first kappa shape index (κ1) is 83.4. The molecular weight excluding hydrogens is 1320 g/mol. The van der Waals surface area contributed by atoms with Crippen LogP contribution in [0.3, 0.4) is 0 Å². The van der Waals surface area contributed by atoms with Crippen molar-refractivity contribution in [1.82, 2.24) is 68.0 Å². The summed E-state index contributed by atoms with van der Waals surface area (Å²) in [5, 5.41) is 45.8. The van der Waals surface area contributed by atoms with Crippen LogP contribution in [0.15, 0.2) is 47.8 Å². The molecule has 0 bridgehead atoms. The van der Waals surface area contributed by atoms with Crippen molar-refractivity contribution >= 4 is 100 Å². The number of nitrogens with zero attached hydrogens (tertiary/aromatic N) is 3. The maximum Gasteiger partial charge on any atom is 0.305 e. The van der Waals surface area contributed by atoms with E-state index in [9.17, 15) is 77.3 Å². The number of hydrogen-bond acceptors (Lipinski definition) is 19. The lowest BCUT2D eigenvalue weighted by Gasteiger charge is -2.34. The van der Waals surface area contributed by atoms with Crippen LogP contribution in [-0.2, 0) is 80.0 Å². The molecule has 100 heavy (non-hydrogen) atoms. The van der Waals surface area contributed by atoms with Gasteiger partial charge in [0, 0.05) is 37.7 Å². The summed E-state index contributed by atoms with van der Waals surface area (Å²) in [6.45, 7) is 14.3. The first-order valence-electron chi connectivity index (χ1n) is 34.1. The summed E-state index contributed by atoms with van der Waals surface area (Å²) in [4.78, 5) is 208. The maximum atomic E-state index is 14.9. The van der Waals surface area contributed by atoms with Gasteiger partial charge in [0.15, 0.2) is 0 Å². The predicted molar refractivity (Wildman–Crippen MR) is 369 cm³/mol. The SMILES string of the molecule is CCC(C)[C@H](N)C1=NCC(N(C=O)[C@@H](CC(C)C)C(=O)N[C@H](CCC(=O)O)C(=O)N[C@H](C(=O)N[C@H]2CCCCNC(=O)[C@H](CC(N)=O)NC(=O)[C@@H](CC(=O)O)NC(=O)[C@H](Cc3cnc[nH]3)NC(=O)[C@@H](Cc3ccccc3)NC(=O)[C@H](C(C)CC)NC(=O)[C@@H](CCCN)NC2=O)C(C)CC)S1. The molecule has 34 heteroatoms. The zero-order valence-corrected chi connectivity index (χ0v) is 59.0. The number of amides is 12. The Morgan fingerprint density at radius 2 is 1.32 bits per heavy atom.